The monoisotopic (exact) mass is 254 g/mol. The number of methoxy groups -OCH3 is 1. The van der Waals surface area contributed by atoms with E-state index in [0.29, 0.717) is 12.3 Å². The van der Waals surface area contributed by atoms with E-state index in [1.165, 1.54) is 25.3 Å². The van der Waals surface area contributed by atoms with E-state index in [2.05, 4.69) is 10.6 Å². The SMILES string of the molecule is CCNC(C)(C)C(=O)Nc1cc(OC)ccc1F. The van der Waals surface area contributed by atoms with Gasteiger partial charge < -0.3 is 15.4 Å². The van der Waals surface area contributed by atoms with E-state index in [1.54, 1.807) is 13.8 Å². The molecule has 5 heteroatoms. The molecule has 0 spiro atoms. The molecular formula is C13H19FN2O2. The van der Waals surface area contributed by atoms with Crippen molar-refractivity contribution in [2.45, 2.75) is 26.3 Å². The molecule has 0 saturated heterocycles. The van der Waals surface area contributed by atoms with E-state index in [9.17, 15) is 9.18 Å². The normalized spacial score (nSPS) is 11.2. The zero-order valence-corrected chi connectivity index (χ0v) is 11.1. The highest BCUT2D eigenvalue weighted by Crippen LogP contribution is 2.22. The molecule has 1 rings (SSSR count). The summed E-state index contributed by atoms with van der Waals surface area (Å²) in [7, 11) is 1.49. The van der Waals surface area contributed by atoms with E-state index in [-0.39, 0.29) is 11.6 Å². The van der Waals surface area contributed by atoms with Crippen LogP contribution in [0, 0.1) is 5.82 Å². The fourth-order valence-electron chi connectivity index (χ4n) is 1.53. The summed E-state index contributed by atoms with van der Waals surface area (Å²) in [6, 6.07) is 4.21. The van der Waals surface area contributed by atoms with Crippen molar-refractivity contribution in [2.24, 2.45) is 0 Å². The standard InChI is InChI=1S/C13H19FN2O2/c1-5-15-13(2,3)12(17)16-11-8-9(18-4)6-7-10(11)14/h6-8,15H,5H2,1-4H3,(H,16,17). The van der Waals surface area contributed by atoms with E-state index < -0.39 is 11.4 Å². The molecular weight excluding hydrogens is 235 g/mol. The first-order chi connectivity index (χ1) is 8.40. The van der Waals surface area contributed by atoms with Crippen molar-refractivity contribution in [3.05, 3.63) is 24.0 Å². The second-order valence-electron chi connectivity index (χ2n) is 4.46. The lowest BCUT2D eigenvalue weighted by Gasteiger charge is -2.24. The summed E-state index contributed by atoms with van der Waals surface area (Å²) >= 11 is 0. The van der Waals surface area contributed by atoms with Gasteiger partial charge in [0.1, 0.15) is 11.6 Å². The molecule has 0 aromatic heterocycles. The number of anilines is 1. The third-order valence-electron chi connectivity index (χ3n) is 2.61. The second-order valence-corrected chi connectivity index (χ2v) is 4.46. The van der Waals surface area contributed by atoms with Crippen LogP contribution in [0.5, 0.6) is 5.75 Å². The largest absolute Gasteiger partial charge is 0.497 e. The number of amides is 1. The van der Waals surface area contributed by atoms with E-state index in [1.807, 2.05) is 6.92 Å². The Labute approximate surface area is 107 Å². The topological polar surface area (TPSA) is 50.4 Å². The lowest BCUT2D eigenvalue weighted by molar-refractivity contribution is -0.121. The summed E-state index contributed by atoms with van der Waals surface area (Å²) in [5, 5.41) is 5.58. The second kappa shape index (κ2) is 5.82. The van der Waals surface area contributed by atoms with Gasteiger partial charge in [-0.05, 0) is 32.5 Å². The molecule has 2 N–H and O–H groups in total. The van der Waals surface area contributed by atoms with Crippen molar-refractivity contribution in [3.8, 4) is 5.75 Å². The third-order valence-corrected chi connectivity index (χ3v) is 2.61. The molecule has 18 heavy (non-hydrogen) atoms. The van der Waals surface area contributed by atoms with Crippen LogP contribution in [0.2, 0.25) is 0 Å². The summed E-state index contributed by atoms with van der Waals surface area (Å²) in [5.74, 6) is -0.291. The van der Waals surface area contributed by atoms with E-state index in [0.717, 1.165) is 0 Å². The molecule has 0 heterocycles. The molecule has 0 radical (unpaired) electrons. The minimum Gasteiger partial charge on any atom is -0.497 e. The predicted molar refractivity (Wildman–Crippen MR) is 69.3 cm³/mol. The lowest BCUT2D eigenvalue weighted by atomic mass is 10.0. The maximum atomic E-state index is 13.5. The number of halogens is 1. The minimum absolute atomic E-state index is 0.116. The number of hydrogen-bond acceptors (Lipinski definition) is 3. The Hall–Kier alpha value is -1.62. The Morgan fingerprint density at radius 1 is 1.44 bits per heavy atom. The Bertz CT molecular complexity index is 433. The van der Waals surface area contributed by atoms with Gasteiger partial charge in [0.25, 0.3) is 0 Å². The molecule has 1 aromatic rings. The highest BCUT2D eigenvalue weighted by Gasteiger charge is 2.26. The summed E-state index contributed by atoms with van der Waals surface area (Å²) in [6.07, 6.45) is 0. The van der Waals surface area contributed by atoms with Crippen LogP contribution in [0.3, 0.4) is 0 Å². The van der Waals surface area contributed by atoms with Crippen LogP contribution in [-0.4, -0.2) is 25.1 Å². The van der Waals surface area contributed by atoms with Crippen LogP contribution in [-0.2, 0) is 4.79 Å². The Kier molecular flexibility index (Phi) is 4.67. The van der Waals surface area contributed by atoms with Gasteiger partial charge in [0.05, 0.1) is 18.3 Å². The van der Waals surface area contributed by atoms with Crippen LogP contribution in [0.1, 0.15) is 20.8 Å². The number of likely N-dealkylation sites (N-methyl/N-ethyl adjacent to an activating group) is 1. The minimum atomic E-state index is -0.760. The first-order valence-electron chi connectivity index (χ1n) is 5.80. The van der Waals surface area contributed by atoms with Crippen molar-refractivity contribution >= 4 is 11.6 Å². The van der Waals surface area contributed by atoms with Crippen molar-refractivity contribution in [2.75, 3.05) is 19.0 Å². The van der Waals surface area contributed by atoms with Crippen LogP contribution < -0.4 is 15.4 Å². The average Bonchev–Trinajstić information content (AvgIpc) is 2.31. The van der Waals surface area contributed by atoms with Gasteiger partial charge in [-0.25, -0.2) is 4.39 Å². The molecule has 0 fully saturated rings. The van der Waals surface area contributed by atoms with Crippen LogP contribution >= 0.6 is 0 Å². The zero-order chi connectivity index (χ0) is 13.8. The molecule has 0 bridgehead atoms. The van der Waals surface area contributed by atoms with Crippen molar-refractivity contribution in [3.63, 3.8) is 0 Å². The lowest BCUT2D eigenvalue weighted by Crippen LogP contribution is -2.49. The smallest absolute Gasteiger partial charge is 0.244 e. The summed E-state index contributed by atoms with van der Waals surface area (Å²) in [6.45, 7) is 6.04. The fraction of sp³-hybridized carbons (Fsp3) is 0.462. The number of rotatable bonds is 5. The summed E-state index contributed by atoms with van der Waals surface area (Å²) in [5.41, 5.74) is -0.644. The Morgan fingerprint density at radius 3 is 2.67 bits per heavy atom. The third kappa shape index (κ3) is 3.43. The van der Waals surface area contributed by atoms with Crippen molar-refractivity contribution in [1.29, 1.82) is 0 Å². The molecule has 0 unspecified atom stereocenters. The van der Waals surface area contributed by atoms with Gasteiger partial charge in [-0.2, -0.15) is 0 Å². The quantitative estimate of drug-likeness (QED) is 0.846. The number of hydrogen-bond donors (Lipinski definition) is 2. The van der Waals surface area contributed by atoms with Gasteiger partial charge >= 0.3 is 0 Å². The average molecular weight is 254 g/mol. The Morgan fingerprint density at radius 2 is 2.11 bits per heavy atom. The van der Waals surface area contributed by atoms with Gasteiger partial charge in [0.15, 0.2) is 0 Å². The first-order valence-corrected chi connectivity index (χ1v) is 5.80. The number of ether oxygens (including phenoxy) is 1. The van der Waals surface area contributed by atoms with Crippen molar-refractivity contribution < 1.29 is 13.9 Å². The number of carbonyl (C=O) groups is 1. The van der Waals surface area contributed by atoms with Gasteiger partial charge in [0.2, 0.25) is 5.91 Å². The highest BCUT2D eigenvalue weighted by molar-refractivity contribution is 5.97. The molecule has 0 atom stereocenters. The molecule has 4 nitrogen and oxygen atoms in total. The molecule has 100 valence electrons. The van der Waals surface area contributed by atoms with Crippen LogP contribution in [0.4, 0.5) is 10.1 Å². The molecule has 1 amide bonds. The van der Waals surface area contributed by atoms with Crippen molar-refractivity contribution in [1.82, 2.24) is 5.32 Å². The molecule has 0 saturated carbocycles. The summed E-state index contributed by atoms with van der Waals surface area (Å²) in [4.78, 5) is 12.0. The molecule has 0 aliphatic carbocycles. The molecule has 0 aliphatic rings. The van der Waals surface area contributed by atoms with Crippen LogP contribution in [0.15, 0.2) is 18.2 Å². The fourth-order valence-corrected chi connectivity index (χ4v) is 1.53. The maximum Gasteiger partial charge on any atom is 0.244 e. The number of carbonyl (C=O) groups excluding carboxylic acids is 1. The van der Waals surface area contributed by atoms with Gasteiger partial charge in [-0.15, -0.1) is 0 Å². The van der Waals surface area contributed by atoms with Gasteiger partial charge in [-0.3, -0.25) is 4.79 Å². The van der Waals surface area contributed by atoms with Crippen LogP contribution in [0.25, 0.3) is 0 Å². The number of nitrogens with one attached hydrogen (secondary N) is 2. The van der Waals surface area contributed by atoms with E-state index in [4.69, 9.17) is 4.74 Å². The number of benzene rings is 1. The molecule has 0 aliphatic heterocycles. The summed E-state index contributed by atoms with van der Waals surface area (Å²) < 4.78 is 18.5. The van der Waals surface area contributed by atoms with E-state index >= 15 is 0 Å². The molecule has 1 aromatic carbocycles. The Balaban J connectivity index is 2.87. The first kappa shape index (κ1) is 14.4. The van der Waals surface area contributed by atoms with Gasteiger partial charge in [0, 0.05) is 6.07 Å². The highest BCUT2D eigenvalue weighted by atomic mass is 19.1. The zero-order valence-electron chi connectivity index (χ0n) is 11.1. The van der Waals surface area contributed by atoms with Gasteiger partial charge in [-0.1, -0.05) is 6.92 Å². The maximum absolute atomic E-state index is 13.5. The predicted octanol–water partition coefficient (Wildman–Crippen LogP) is 2.16.